The van der Waals surface area contributed by atoms with Gasteiger partial charge in [-0.15, -0.1) is 0 Å². The SMILES string of the molecule is CCCO.c1ccc(SSc2ccccn2)nc1. The third-order valence-corrected chi connectivity index (χ3v) is 3.89. The highest BCUT2D eigenvalue weighted by molar-refractivity contribution is 8.76. The molecule has 0 aromatic carbocycles. The van der Waals surface area contributed by atoms with Crippen molar-refractivity contribution in [3.8, 4) is 0 Å². The molecular formula is C13H16N2OS2. The molecule has 2 rings (SSSR count). The van der Waals surface area contributed by atoms with Crippen molar-refractivity contribution in [2.24, 2.45) is 0 Å². The van der Waals surface area contributed by atoms with E-state index in [2.05, 4.69) is 9.97 Å². The standard InChI is InChI=1S/C10H8N2S2.C3H8O/c1-3-7-11-9(5-1)13-14-10-6-2-4-8-12-10;1-2-3-4/h1-8H;4H,2-3H2,1H3. The molecule has 0 fully saturated rings. The quantitative estimate of drug-likeness (QED) is 0.866. The minimum Gasteiger partial charge on any atom is -0.396 e. The van der Waals surface area contributed by atoms with Crippen molar-refractivity contribution >= 4 is 21.6 Å². The fourth-order valence-electron chi connectivity index (χ4n) is 0.878. The van der Waals surface area contributed by atoms with Gasteiger partial charge in [0.25, 0.3) is 0 Å². The van der Waals surface area contributed by atoms with Crippen molar-refractivity contribution in [1.29, 1.82) is 0 Å². The number of hydrogen-bond donors (Lipinski definition) is 1. The molecule has 1 N–H and O–H groups in total. The van der Waals surface area contributed by atoms with Gasteiger partial charge in [0.2, 0.25) is 0 Å². The average Bonchev–Trinajstić information content (AvgIpc) is 2.47. The summed E-state index contributed by atoms with van der Waals surface area (Å²) >= 11 is 0. The Bertz CT molecular complexity index is 370. The summed E-state index contributed by atoms with van der Waals surface area (Å²) in [4.78, 5) is 8.42. The van der Waals surface area contributed by atoms with Crippen LogP contribution >= 0.6 is 21.6 Å². The third kappa shape index (κ3) is 6.64. The Morgan fingerprint density at radius 1 is 0.944 bits per heavy atom. The molecule has 0 amide bonds. The van der Waals surface area contributed by atoms with Crippen LogP contribution in [-0.4, -0.2) is 21.7 Å². The van der Waals surface area contributed by atoms with Gasteiger partial charge in [0, 0.05) is 19.0 Å². The zero-order chi connectivity index (χ0) is 13.1. The highest BCUT2D eigenvalue weighted by atomic mass is 33.1. The van der Waals surface area contributed by atoms with Gasteiger partial charge in [-0.25, -0.2) is 9.97 Å². The first kappa shape index (κ1) is 15.0. The molecule has 0 unspecified atom stereocenters. The van der Waals surface area contributed by atoms with E-state index in [0.29, 0.717) is 6.61 Å². The highest BCUT2D eigenvalue weighted by Crippen LogP contribution is 2.34. The van der Waals surface area contributed by atoms with Gasteiger partial charge in [-0.2, -0.15) is 0 Å². The predicted octanol–water partition coefficient (Wildman–Crippen LogP) is 3.66. The molecule has 3 nitrogen and oxygen atoms in total. The molecule has 0 aliphatic heterocycles. The molecule has 0 saturated heterocycles. The van der Waals surface area contributed by atoms with E-state index in [4.69, 9.17) is 5.11 Å². The van der Waals surface area contributed by atoms with E-state index >= 15 is 0 Å². The maximum Gasteiger partial charge on any atom is 0.107 e. The van der Waals surface area contributed by atoms with Gasteiger partial charge in [-0.1, -0.05) is 19.1 Å². The van der Waals surface area contributed by atoms with Crippen LogP contribution in [0.1, 0.15) is 13.3 Å². The van der Waals surface area contributed by atoms with Gasteiger partial charge in [-0.05, 0) is 52.3 Å². The molecule has 0 bridgehead atoms. The summed E-state index contributed by atoms with van der Waals surface area (Å²) in [5.41, 5.74) is 0. The molecule has 0 saturated carbocycles. The Kier molecular flexibility index (Phi) is 8.29. The second-order valence-corrected chi connectivity index (χ2v) is 5.40. The van der Waals surface area contributed by atoms with Crippen LogP contribution in [-0.2, 0) is 0 Å². The van der Waals surface area contributed by atoms with Crippen LogP contribution in [0.15, 0.2) is 58.8 Å². The van der Waals surface area contributed by atoms with Crippen molar-refractivity contribution in [2.75, 3.05) is 6.61 Å². The summed E-state index contributed by atoms with van der Waals surface area (Å²) in [6.45, 7) is 2.25. The molecular weight excluding hydrogens is 264 g/mol. The number of aliphatic hydroxyl groups is 1. The zero-order valence-electron chi connectivity index (χ0n) is 10.2. The topological polar surface area (TPSA) is 46.0 Å². The van der Waals surface area contributed by atoms with Gasteiger partial charge in [0.05, 0.1) is 0 Å². The summed E-state index contributed by atoms with van der Waals surface area (Å²) in [7, 11) is 3.23. The molecule has 96 valence electrons. The minimum atomic E-state index is 0.319. The van der Waals surface area contributed by atoms with Crippen molar-refractivity contribution in [3.05, 3.63) is 48.8 Å². The van der Waals surface area contributed by atoms with E-state index in [0.717, 1.165) is 16.5 Å². The number of rotatable bonds is 4. The Labute approximate surface area is 115 Å². The normalized spacial score (nSPS) is 9.44. The van der Waals surface area contributed by atoms with Crippen LogP contribution in [0.4, 0.5) is 0 Å². The van der Waals surface area contributed by atoms with Gasteiger partial charge < -0.3 is 5.11 Å². The summed E-state index contributed by atoms with van der Waals surface area (Å²) in [5.74, 6) is 0. The molecule has 0 aliphatic rings. The second-order valence-electron chi connectivity index (χ2n) is 3.23. The van der Waals surface area contributed by atoms with Crippen LogP contribution in [0.5, 0.6) is 0 Å². The van der Waals surface area contributed by atoms with E-state index < -0.39 is 0 Å². The van der Waals surface area contributed by atoms with Crippen molar-refractivity contribution in [1.82, 2.24) is 9.97 Å². The Balaban J connectivity index is 0.000000357. The summed E-state index contributed by atoms with van der Waals surface area (Å²) in [5, 5.41) is 9.88. The largest absolute Gasteiger partial charge is 0.396 e. The minimum absolute atomic E-state index is 0.319. The summed E-state index contributed by atoms with van der Waals surface area (Å²) in [6, 6.07) is 11.8. The fourth-order valence-corrected chi connectivity index (χ4v) is 2.63. The van der Waals surface area contributed by atoms with Gasteiger partial charge >= 0.3 is 0 Å². The molecule has 0 radical (unpaired) electrons. The van der Waals surface area contributed by atoms with Crippen LogP contribution in [0.2, 0.25) is 0 Å². The molecule has 0 aliphatic carbocycles. The van der Waals surface area contributed by atoms with Gasteiger partial charge in [0.1, 0.15) is 10.1 Å². The van der Waals surface area contributed by atoms with Gasteiger partial charge in [0.15, 0.2) is 0 Å². The van der Waals surface area contributed by atoms with E-state index in [-0.39, 0.29) is 0 Å². The maximum atomic E-state index is 7.88. The number of aromatic nitrogens is 2. The number of nitrogens with zero attached hydrogens (tertiary/aromatic N) is 2. The van der Waals surface area contributed by atoms with E-state index in [9.17, 15) is 0 Å². The maximum absolute atomic E-state index is 7.88. The lowest BCUT2D eigenvalue weighted by Gasteiger charge is -1.97. The van der Waals surface area contributed by atoms with Crippen molar-refractivity contribution in [2.45, 2.75) is 23.4 Å². The smallest absolute Gasteiger partial charge is 0.107 e. The lowest BCUT2D eigenvalue weighted by molar-refractivity contribution is 0.295. The lowest BCUT2D eigenvalue weighted by Crippen LogP contribution is -1.75. The first-order chi connectivity index (χ1) is 8.86. The zero-order valence-corrected chi connectivity index (χ0v) is 11.8. The Hall–Kier alpha value is -1.04. The first-order valence-electron chi connectivity index (χ1n) is 5.64. The van der Waals surface area contributed by atoms with E-state index in [1.807, 2.05) is 43.3 Å². The fraction of sp³-hybridized carbons (Fsp3) is 0.231. The number of hydrogen-bond acceptors (Lipinski definition) is 5. The molecule has 0 spiro atoms. The van der Waals surface area contributed by atoms with Crippen LogP contribution in [0.3, 0.4) is 0 Å². The second kappa shape index (κ2) is 9.94. The Morgan fingerprint density at radius 2 is 1.39 bits per heavy atom. The molecule has 18 heavy (non-hydrogen) atoms. The molecule has 2 aromatic heterocycles. The van der Waals surface area contributed by atoms with Crippen molar-refractivity contribution < 1.29 is 5.11 Å². The van der Waals surface area contributed by atoms with E-state index in [1.54, 1.807) is 34.0 Å². The first-order valence-corrected chi connectivity index (χ1v) is 7.79. The highest BCUT2D eigenvalue weighted by Gasteiger charge is 1.97. The lowest BCUT2D eigenvalue weighted by atomic mass is 10.5. The predicted molar refractivity (Wildman–Crippen MR) is 77.6 cm³/mol. The average molecular weight is 280 g/mol. The molecule has 0 atom stereocenters. The monoisotopic (exact) mass is 280 g/mol. The number of aliphatic hydroxyl groups excluding tert-OH is 1. The molecule has 2 heterocycles. The summed E-state index contributed by atoms with van der Waals surface area (Å²) < 4.78 is 0. The third-order valence-electron chi connectivity index (χ3n) is 1.71. The molecule has 2 aromatic rings. The molecule has 5 heteroatoms. The van der Waals surface area contributed by atoms with Gasteiger partial charge in [-0.3, -0.25) is 0 Å². The van der Waals surface area contributed by atoms with Crippen LogP contribution < -0.4 is 0 Å². The number of pyridine rings is 2. The van der Waals surface area contributed by atoms with Crippen molar-refractivity contribution in [3.63, 3.8) is 0 Å². The van der Waals surface area contributed by atoms with Crippen LogP contribution in [0, 0.1) is 0 Å². The van der Waals surface area contributed by atoms with E-state index in [1.165, 1.54) is 0 Å². The summed E-state index contributed by atoms with van der Waals surface area (Å²) in [6.07, 6.45) is 4.46. The van der Waals surface area contributed by atoms with Crippen LogP contribution in [0.25, 0.3) is 0 Å². The Morgan fingerprint density at radius 3 is 1.67 bits per heavy atom.